The second kappa shape index (κ2) is 5.60. The fraction of sp³-hybridized carbons (Fsp3) is 0.889. The largest absolute Gasteiger partial charge is 0.464 e. The van der Waals surface area contributed by atoms with Crippen LogP contribution in [0.4, 0.5) is 0 Å². The maximum Gasteiger partial charge on any atom is 0.309 e. The normalized spacial score (nSPS) is 19.6. The molecule has 1 fully saturated rings. The zero-order chi connectivity index (χ0) is 12.2. The second-order valence-electron chi connectivity index (χ2n) is 4.03. The predicted octanol–water partition coefficient (Wildman–Crippen LogP) is -0.241. The zero-order valence-corrected chi connectivity index (χ0v) is 10.1. The standard InChI is InChI=1S/C9H17NO5S/c1-10-4-2-8(3-5-10)9(11)15-6-7-16(12,13)14/h8H,2-7H2,1H3,(H,12,13,14). The first-order chi connectivity index (χ1) is 7.38. The van der Waals surface area contributed by atoms with Gasteiger partial charge in [-0.05, 0) is 33.0 Å². The van der Waals surface area contributed by atoms with Gasteiger partial charge in [0.15, 0.2) is 0 Å². The van der Waals surface area contributed by atoms with Crippen LogP contribution in [0.5, 0.6) is 0 Å². The van der Waals surface area contributed by atoms with Gasteiger partial charge in [-0.2, -0.15) is 8.42 Å². The van der Waals surface area contributed by atoms with E-state index in [9.17, 15) is 13.2 Å². The number of esters is 1. The van der Waals surface area contributed by atoms with E-state index in [1.54, 1.807) is 0 Å². The number of hydrogen-bond acceptors (Lipinski definition) is 5. The van der Waals surface area contributed by atoms with E-state index in [4.69, 9.17) is 9.29 Å². The van der Waals surface area contributed by atoms with Gasteiger partial charge in [-0.15, -0.1) is 0 Å². The van der Waals surface area contributed by atoms with Crippen molar-refractivity contribution in [2.24, 2.45) is 5.92 Å². The van der Waals surface area contributed by atoms with Gasteiger partial charge in [-0.1, -0.05) is 0 Å². The minimum absolute atomic E-state index is 0.141. The van der Waals surface area contributed by atoms with Crippen LogP contribution in [0.25, 0.3) is 0 Å². The molecule has 0 atom stereocenters. The molecule has 0 aliphatic carbocycles. The lowest BCUT2D eigenvalue weighted by Crippen LogP contribution is -2.34. The Morgan fingerprint density at radius 2 is 2.00 bits per heavy atom. The monoisotopic (exact) mass is 251 g/mol. The number of rotatable bonds is 4. The second-order valence-corrected chi connectivity index (χ2v) is 5.60. The molecule has 16 heavy (non-hydrogen) atoms. The fourth-order valence-electron chi connectivity index (χ4n) is 1.61. The van der Waals surface area contributed by atoms with Gasteiger partial charge < -0.3 is 9.64 Å². The van der Waals surface area contributed by atoms with Crippen molar-refractivity contribution < 1.29 is 22.5 Å². The lowest BCUT2D eigenvalue weighted by atomic mass is 9.97. The maximum absolute atomic E-state index is 11.5. The van der Waals surface area contributed by atoms with Gasteiger partial charge in [-0.25, -0.2) is 0 Å². The molecule has 7 heteroatoms. The van der Waals surface area contributed by atoms with Gasteiger partial charge in [0, 0.05) is 0 Å². The summed E-state index contributed by atoms with van der Waals surface area (Å²) in [6.07, 6.45) is 1.47. The van der Waals surface area contributed by atoms with Gasteiger partial charge in [0.1, 0.15) is 12.4 Å². The molecule has 1 saturated heterocycles. The summed E-state index contributed by atoms with van der Waals surface area (Å²) in [7, 11) is -2.06. The molecule has 1 aliphatic heterocycles. The highest BCUT2D eigenvalue weighted by Gasteiger charge is 2.24. The first-order valence-electron chi connectivity index (χ1n) is 5.19. The summed E-state index contributed by atoms with van der Waals surface area (Å²) in [5.41, 5.74) is 0. The van der Waals surface area contributed by atoms with Crippen LogP contribution in [0.1, 0.15) is 12.8 Å². The van der Waals surface area contributed by atoms with Crippen LogP contribution in [-0.4, -0.2) is 56.3 Å². The van der Waals surface area contributed by atoms with E-state index in [1.807, 2.05) is 7.05 Å². The lowest BCUT2D eigenvalue weighted by molar-refractivity contribution is -0.149. The zero-order valence-electron chi connectivity index (χ0n) is 9.26. The minimum atomic E-state index is -4.04. The van der Waals surface area contributed by atoms with Gasteiger partial charge in [0.2, 0.25) is 0 Å². The molecule has 0 amide bonds. The number of ether oxygens (including phenoxy) is 1. The molecule has 0 saturated carbocycles. The summed E-state index contributed by atoms with van der Waals surface area (Å²) in [5.74, 6) is -1.04. The summed E-state index contributed by atoms with van der Waals surface area (Å²) in [6.45, 7) is 1.42. The molecular weight excluding hydrogens is 234 g/mol. The van der Waals surface area contributed by atoms with Crippen LogP contribution < -0.4 is 0 Å². The molecule has 0 aromatic carbocycles. The first kappa shape index (κ1) is 13.4. The Kier molecular flexibility index (Phi) is 4.69. The van der Waals surface area contributed by atoms with Crippen LogP contribution in [0, 0.1) is 5.92 Å². The van der Waals surface area contributed by atoms with E-state index in [0.29, 0.717) is 0 Å². The Labute approximate surface area is 95.3 Å². The molecule has 1 N–H and O–H groups in total. The highest BCUT2D eigenvalue weighted by molar-refractivity contribution is 7.85. The molecule has 0 radical (unpaired) electrons. The summed E-state index contributed by atoms with van der Waals surface area (Å²) >= 11 is 0. The van der Waals surface area contributed by atoms with Gasteiger partial charge in [0.05, 0.1) is 5.92 Å². The van der Waals surface area contributed by atoms with Crippen molar-refractivity contribution >= 4 is 16.1 Å². The maximum atomic E-state index is 11.5. The van der Waals surface area contributed by atoms with Crippen molar-refractivity contribution in [1.82, 2.24) is 4.90 Å². The number of piperidine rings is 1. The summed E-state index contributed by atoms with van der Waals surface area (Å²) < 4.78 is 34.0. The Balaban J connectivity index is 2.25. The van der Waals surface area contributed by atoms with Crippen molar-refractivity contribution in [2.45, 2.75) is 12.8 Å². The number of carbonyl (C=O) groups is 1. The van der Waals surface area contributed by atoms with E-state index in [2.05, 4.69) is 4.90 Å². The Hall–Kier alpha value is -0.660. The van der Waals surface area contributed by atoms with Crippen molar-refractivity contribution in [1.29, 1.82) is 0 Å². The summed E-state index contributed by atoms with van der Waals surface area (Å²) in [5, 5.41) is 0. The first-order valence-corrected chi connectivity index (χ1v) is 6.80. The smallest absolute Gasteiger partial charge is 0.309 e. The summed E-state index contributed by atoms with van der Waals surface area (Å²) in [6, 6.07) is 0. The van der Waals surface area contributed by atoms with Gasteiger partial charge in [-0.3, -0.25) is 9.35 Å². The molecule has 0 aromatic heterocycles. The van der Waals surface area contributed by atoms with Crippen molar-refractivity contribution in [2.75, 3.05) is 32.5 Å². The molecule has 1 aliphatic rings. The molecule has 0 spiro atoms. The molecule has 94 valence electrons. The average molecular weight is 251 g/mol. The van der Waals surface area contributed by atoms with E-state index in [0.717, 1.165) is 25.9 Å². The third-order valence-corrected chi connectivity index (χ3v) is 3.32. The van der Waals surface area contributed by atoms with Gasteiger partial charge >= 0.3 is 5.97 Å². The molecule has 1 heterocycles. The van der Waals surface area contributed by atoms with Crippen LogP contribution in [0.15, 0.2) is 0 Å². The number of likely N-dealkylation sites (tertiary alicyclic amines) is 1. The third kappa shape index (κ3) is 4.91. The van der Waals surface area contributed by atoms with E-state index in [-0.39, 0.29) is 18.5 Å². The predicted molar refractivity (Wildman–Crippen MR) is 57.6 cm³/mol. The highest BCUT2D eigenvalue weighted by atomic mass is 32.2. The summed E-state index contributed by atoms with van der Waals surface area (Å²) in [4.78, 5) is 13.6. The van der Waals surface area contributed by atoms with E-state index in [1.165, 1.54) is 0 Å². The Bertz CT molecular complexity index is 332. The average Bonchev–Trinajstić information content (AvgIpc) is 2.16. The topological polar surface area (TPSA) is 83.9 Å². The fourth-order valence-corrected chi connectivity index (χ4v) is 1.90. The molecule has 0 bridgehead atoms. The highest BCUT2D eigenvalue weighted by Crippen LogP contribution is 2.17. The number of nitrogens with zero attached hydrogens (tertiary/aromatic N) is 1. The quantitative estimate of drug-likeness (QED) is 0.548. The molecule has 6 nitrogen and oxygen atoms in total. The molecule has 0 aromatic rings. The molecular formula is C9H17NO5S. The molecule has 1 rings (SSSR count). The van der Waals surface area contributed by atoms with Gasteiger partial charge in [0.25, 0.3) is 10.1 Å². The minimum Gasteiger partial charge on any atom is -0.464 e. The van der Waals surface area contributed by atoms with Crippen molar-refractivity contribution in [3.05, 3.63) is 0 Å². The number of hydrogen-bond donors (Lipinski definition) is 1. The van der Waals surface area contributed by atoms with Crippen molar-refractivity contribution in [3.8, 4) is 0 Å². The number of carbonyl (C=O) groups excluding carboxylic acids is 1. The van der Waals surface area contributed by atoms with Crippen LogP contribution in [-0.2, 0) is 19.6 Å². The SMILES string of the molecule is CN1CCC(C(=O)OCCS(=O)(=O)O)CC1. The van der Waals surface area contributed by atoms with Crippen LogP contribution in [0.3, 0.4) is 0 Å². The lowest BCUT2D eigenvalue weighted by Gasteiger charge is -2.27. The molecule has 0 unspecified atom stereocenters. The Morgan fingerprint density at radius 1 is 1.44 bits per heavy atom. The van der Waals surface area contributed by atoms with E-state index < -0.39 is 15.9 Å². The van der Waals surface area contributed by atoms with E-state index >= 15 is 0 Å². The van der Waals surface area contributed by atoms with Crippen molar-refractivity contribution in [3.63, 3.8) is 0 Å². The Morgan fingerprint density at radius 3 is 2.50 bits per heavy atom. The van der Waals surface area contributed by atoms with Crippen LogP contribution >= 0.6 is 0 Å². The van der Waals surface area contributed by atoms with Crippen LogP contribution in [0.2, 0.25) is 0 Å². The third-order valence-electron chi connectivity index (χ3n) is 2.64.